The molecular weight excluding hydrogens is 222 g/mol. The van der Waals surface area contributed by atoms with Crippen LogP contribution in [0.25, 0.3) is 0 Å². The Kier molecular flexibility index (Phi) is 5.49. The first-order valence-electron chi connectivity index (χ1n) is 5.26. The maximum Gasteiger partial charge on any atom is 0.132 e. The predicted octanol–water partition coefficient (Wildman–Crippen LogP) is 2.39. The van der Waals surface area contributed by atoms with E-state index in [0.29, 0.717) is 12.5 Å². The highest BCUT2D eigenvalue weighted by Crippen LogP contribution is 2.33. The van der Waals surface area contributed by atoms with Crippen molar-refractivity contribution in [3.05, 3.63) is 18.2 Å². The zero-order valence-electron chi connectivity index (χ0n) is 10.0. The topological polar surface area (TPSA) is 44.5 Å². The number of hydrogen-bond donors (Lipinski definition) is 1. The van der Waals surface area contributed by atoms with Crippen LogP contribution in [0.1, 0.15) is 6.92 Å². The number of thioether (sulfide) groups is 1. The number of benzene rings is 1. The Morgan fingerprint density at radius 2 is 2.06 bits per heavy atom. The van der Waals surface area contributed by atoms with Gasteiger partial charge in [-0.2, -0.15) is 0 Å². The Labute approximate surface area is 101 Å². The van der Waals surface area contributed by atoms with Crippen molar-refractivity contribution >= 4 is 11.8 Å². The van der Waals surface area contributed by atoms with Gasteiger partial charge in [-0.3, -0.25) is 0 Å². The van der Waals surface area contributed by atoms with E-state index in [2.05, 4.69) is 6.92 Å². The fraction of sp³-hybridized carbons (Fsp3) is 0.500. The number of hydrogen-bond acceptors (Lipinski definition) is 4. The molecule has 1 rings (SSSR count). The molecule has 0 spiro atoms. The molecule has 1 aromatic rings. The smallest absolute Gasteiger partial charge is 0.132 e. The molecule has 0 aliphatic rings. The lowest BCUT2D eigenvalue weighted by atomic mass is 10.2. The number of methoxy groups -OCH3 is 2. The molecule has 1 aromatic carbocycles. The van der Waals surface area contributed by atoms with Gasteiger partial charge < -0.3 is 15.2 Å². The van der Waals surface area contributed by atoms with Gasteiger partial charge in [-0.25, -0.2) is 0 Å². The molecule has 4 heteroatoms. The third-order valence-electron chi connectivity index (χ3n) is 2.30. The van der Waals surface area contributed by atoms with Crippen LogP contribution in [0, 0.1) is 5.92 Å². The molecule has 0 aliphatic carbocycles. The van der Waals surface area contributed by atoms with Crippen LogP contribution in [0.2, 0.25) is 0 Å². The van der Waals surface area contributed by atoms with Gasteiger partial charge in [0.2, 0.25) is 0 Å². The van der Waals surface area contributed by atoms with Crippen molar-refractivity contribution < 1.29 is 9.47 Å². The molecule has 3 nitrogen and oxygen atoms in total. The molecule has 0 heterocycles. The summed E-state index contributed by atoms with van der Waals surface area (Å²) in [7, 11) is 3.34. The van der Waals surface area contributed by atoms with E-state index in [4.69, 9.17) is 15.2 Å². The fourth-order valence-corrected chi connectivity index (χ4v) is 2.29. The molecule has 0 radical (unpaired) electrons. The molecule has 2 N–H and O–H groups in total. The van der Waals surface area contributed by atoms with Gasteiger partial charge in [0.25, 0.3) is 0 Å². The molecule has 90 valence electrons. The summed E-state index contributed by atoms with van der Waals surface area (Å²) in [6, 6.07) is 5.82. The van der Waals surface area contributed by atoms with E-state index in [-0.39, 0.29) is 0 Å². The third-order valence-corrected chi connectivity index (χ3v) is 3.66. The van der Waals surface area contributed by atoms with Gasteiger partial charge in [-0.1, -0.05) is 6.92 Å². The average molecular weight is 241 g/mol. The van der Waals surface area contributed by atoms with E-state index in [1.165, 1.54) is 0 Å². The maximum absolute atomic E-state index is 5.59. The van der Waals surface area contributed by atoms with Crippen molar-refractivity contribution in [2.45, 2.75) is 11.8 Å². The summed E-state index contributed by atoms with van der Waals surface area (Å²) in [5, 5.41) is 0. The number of rotatable bonds is 6. The number of nitrogens with two attached hydrogens (primary N) is 1. The third kappa shape index (κ3) is 3.61. The van der Waals surface area contributed by atoms with Crippen LogP contribution in [0.3, 0.4) is 0 Å². The van der Waals surface area contributed by atoms with Crippen LogP contribution < -0.4 is 15.2 Å². The minimum absolute atomic E-state index is 0.501. The Morgan fingerprint density at radius 3 is 2.62 bits per heavy atom. The van der Waals surface area contributed by atoms with E-state index in [9.17, 15) is 0 Å². The largest absolute Gasteiger partial charge is 0.497 e. The van der Waals surface area contributed by atoms with E-state index in [1.54, 1.807) is 26.0 Å². The second-order valence-corrected chi connectivity index (χ2v) is 4.73. The van der Waals surface area contributed by atoms with E-state index in [1.807, 2.05) is 18.2 Å². The Bertz CT molecular complexity index is 331. The van der Waals surface area contributed by atoms with Crippen LogP contribution in [0.5, 0.6) is 11.5 Å². The monoisotopic (exact) mass is 241 g/mol. The molecule has 1 atom stereocenters. The second kappa shape index (κ2) is 6.66. The van der Waals surface area contributed by atoms with Crippen LogP contribution in [0.4, 0.5) is 0 Å². The second-order valence-electron chi connectivity index (χ2n) is 3.67. The minimum Gasteiger partial charge on any atom is -0.497 e. The van der Waals surface area contributed by atoms with Crippen molar-refractivity contribution in [2.75, 3.05) is 26.5 Å². The Hall–Kier alpha value is -0.870. The molecular formula is C12H19NO2S. The molecule has 0 aromatic heterocycles. The molecule has 0 saturated heterocycles. The van der Waals surface area contributed by atoms with Gasteiger partial charge in [0, 0.05) is 5.75 Å². The predicted molar refractivity (Wildman–Crippen MR) is 68.5 cm³/mol. The summed E-state index contributed by atoms with van der Waals surface area (Å²) in [5.41, 5.74) is 5.59. The lowest BCUT2D eigenvalue weighted by Gasteiger charge is -2.12. The summed E-state index contributed by atoms with van der Waals surface area (Å²) < 4.78 is 10.5. The standard InChI is InChI=1S/C12H19NO2S/c1-9(7-13)8-16-12-6-10(14-2)4-5-11(12)15-3/h4-6,9H,7-8,13H2,1-3H3. The molecule has 0 amide bonds. The molecule has 0 fully saturated rings. The Morgan fingerprint density at radius 1 is 1.31 bits per heavy atom. The first kappa shape index (κ1) is 13.2. The summed E-state index contributed by atoms with van der Waals surface area (Å²) in [6.45, 7) is 2.85. The molecule has 0 aliphatic heterocycles. The van der Waals surface area contributed by atoms with E-state index < -0.39 is 0 Å². The van der Waals surface area contributed by atoms with Crippen molar-refractivity contribution in [2.24, 2.45) is 11.7 Å². The lowest BCUT2D eigenvalue weighted by Crippen LogP contribution is -2.12. The molecule has 0 saturated carbocycles. The van der Waals surface area contributed by atoms with Crippen molar-refractivity contribution in [3.63, 3.8) is 0 Å². The Balaban J connectivity index is 2.75. The lowest BCUT2D eigenvalue weighted by molar-refractivity contribution is 0.394. The first-order valence-corrected chi connectivity index (χ1v) is 6.24. The van der Waals surface area contributed by atoms with Gasteiger partial charge in [-0.15, -0.1) is 11.8 Å². The van der Waals surface area contributed by atoms with Gasteiger partial charge in [0.1, 0.15) is 11.5 Å². The van der Waals surface area contributed by atoms with Crippen LogP contribution in [0.15, 0.2) is 23.1 Å². The molecule has 16 heavy (non-hydrogen) atoms. The quantitative estimate of drug-likeness (QED) is 0.777. The summed E-state index contributed by atoms with van der Waals surface area (Å²) in [6.07, 6.45) is 0. The normalized spacial score (nSPS) is 12.2. The number of ether oxygens (including phenoxy) is 2. The van der Waals surface area contributed by atoms with Crippen LogP contribution in [-0.4, -0.2) is 26.5 Å². The van der Waals surface area contributed by atoms with Crippen molar-refractivity contribution in [1.82, 2.24) is 0 Å². The summed E-state index contributed by atoms with van der Waals surface area (Å²) >= 11 is 1.75. The van der Waals surface area contributed by atoms with Gasteiger partial charge in [0.05, 0.1) is 19.1 Å². The van der Waals surface area contributed by atoms with E-state index >= 15 is 0 Å². The maximum atomic E-state index is 5.59. The van der Waals surface area contributed by atoms with Gasteiger partial charge >= 0.3 is 0 Å². The zero-order valence-corrected chi connectivity index (χ0v) is 10.8. The van der Waals surface area contributed by atoms with Crippen molar-refractivity contribution in [1.29, 1.82) is 0 Å². The highest BCUT2D eigenvalue weighted by atomic mass is 32.2. The minimum atomic E-state index is 0.501. The highest BCUT2D eigenvalue weighted by molar-refractivity contribution is 7.99. The van der Waals surface area contributed by atoms with Gasteiger partial charge in [-0.05, 0) is 30.7 Å². The van der Waals surface area contributed by atoms with E-state index in [0.717, 1.165) is 22.1 Å². The highest BCUT2D eigenvalue weighted by Gasteiger charge is 2.07. The zero-order chi connectivity index (χ0) is 12.0. The summed E-state index contributed by atoms with van der Waals surface area (Å²) in [4.78, 5) is 1.10. The van der Waals surface area contributed by atoms with Crippen LogP contribution >= 0.6 is 11.8 Å². The van der Waals surface area contributed by atoms with Crippen LogP contribution in [-0.2, 0) is 0 Å². The first-order chi connectivity index (χ1) is 7.71. The average Bonchev–Trinajstić information content (AvgIpc) is 2.35. The molecule has 0 bridgehead atoms. The fourth-order valence-electron chi connectivity index (χ4n) is 1.20. The summed E-state index contributed by atoms with van der Waals surface area (Å²) in [5.74, 6) is 3.22. The van der Waals surface area contributed by atoms with Crippen molar-refractivity contribution in [3.8, 4) is 11.5 Å². The molecule has 1 unspecified atom stereocenters. The SMILES string of the molecule is COc1ccc(OC)c(SCC(C)CN)c1. The van der Waals surface area contributed by atoms with Gasteiger partial charge in [0.15, 0.2) is 0 Å².